The lowest BCUT2D eigenvalue weighted by Crippen LogP contribution is -2.25. The molecule has 1 heterocycles. The van der Waals surface area contributed by atoms with Gasteiger partial charge in [0.05, 0.1) is 13.2 Å². The maximum Gasteiger partial charge on any atom is 0.251 e. The van der Waals surface area contributed by atoms with Crippen LogP contribution in [0.1, 0.15) is 36.5 Å². The molecule has 0 atom stereocenters. The second kappa shape index (κ2) is 10.3. The maximum absolute atomic E-state index is 12.2. The van der Waals surface area contributed by atoms with E-state index in [2.05, 4.69) is 17.2 Å². The molecule has 0 spiro atoms. The number of hydrogen-bond acceptors (Lipinski definition) is 4. The lowest BCUT2D eigenvalue weighted by atomic mass is 10.2. The van der Waals surface area contributed by atoms with E-state index in [9.17, 15) is 4.79 Å². The summed E-state index contributed by atoms with van der Waals surface area (Å²) in [6.07, 6.45) is 4.60. The average Bonchev–Trinajstić information content (AvgIpc) is 2.74. The first-order valence-corrected chi connectivity index (χ1v) is 9.75. The first kappa shape index (κ1) is 19.7. The van der Waals surface area contributed by atoms with Gasteiger partial charge in [-0.1, -0.05) is 31.5 Å². The number of para-hydroxylation sites is 1. The highest BCUT2D eigenvalue weighted by molar-refractivity contribution is 5.94. The molecule has 0 unspecified atom stereocenters. The molecule has 0 fully saturated rings. The van der Waals surface area contributed by atoms with Gasteiger partial charge in [0.25, 0.3) is 5.91 Å². The Kier molecular flexibility index (Phi) is 7.24. The lowest BCUT2D eigenvalue weighted by Gasteiger charge is -2.10. The van der Waals surface area contributed by atoms with Gasteiger partial charge in [-0.05, 0) is 49.2 Å². The smallest absolute Gasteiger partial charge is 0.251 e. The summed E-state index contributed by atoms with van der Waals surface area (Å²) < 4.78 is 11.5. The minimum atomic E-state index is -0.0908. The summed E-state index contributed by atoms with van der Waals surface area (Å²) in [6.45, 7) is 3.89. The van der Waals surface area contributed by atoms with Gasteiger partial charge in [0.1, 0.15) is 17.0 Å². The number of nitrogens with zero attached hydrogens (tertiary/aromatic N) is 1. The number of unbranched alkanes of at least 4 members (excludes halogenated alkanes) is 1. The fourth-order valence-corrected chi connectivity index (χ4v) is 2.79. The third kappa shape index (κ3) is 5.46. The highest BCUT2D eigenvalue weighted by atomic mass is 16.5. The SMILES string of the molecule is CCCCOc1ccc(C(=O)NCCCOc2cccc3cccnc23)cc1. The summed E-state index contributed by atoms with van der Waals surface area (Å²) in [5, 5.41) is 3.97. The van der Waals surface area contributed by atoms with Gasteiger partial charge in [0, 0.05) is 23.7 Å². The summed E-state index contributed by atoms with van der Waals surface area (Å²) >= 11 is 0. The summed E-state index contributed by atoms with van der Waals surface area (Å²) in [5.41, 5.74) is 1.48. The topological polar surface area (TPSA) is 60.5 Å². The van der Waals surface area contributed by atoms with Crippen molar-refractivity contribution in [2.75, 3.05) is 19.8 Å². The Labute approximate surface area is 165 Å². The Morgan fingerprint density at radius 2 is 1.75 bits per heavy atom. The van der Waals surface area contributed by atoms with Crippen LogP contribution in [-0.4, -0.2) is 30.6 Å². The molecule has 0 saturated carbocycles. The lowest BCUT2D eigenvalue weighted by molar-refractivity contribution is 0.0951. The fourth-order valence-electron chi connectivity index (χ4n) is 2.79. The van der Waals surface area contributed by atoms with Crippen molar-refractivity contribution in [2.45, 2.75) is 26.2 Å². The van der Waals surface area contributed by atoms with Crippen LogP contribution in [0.3, 0.4) is 0 Å². The first-order valence-electron chi connectivity index (χ1n) is 9.75. The Morgan fingerprint density at radius 3 is 2.57 bits per heavy atom. The second-order valence-corrected chi connectivity index (χ2v) is 6.52. The van der Waals surface area contributed by atoms with Gasteiger partial charge >= 0.3 is 0 Å². The molecular formula is C23H26N2O3. The van der Waals surface area contributed by atoms with E-state index in [4.69, 9.17) is 9.47 Å². The van der Waals surface area contributed by atoms with Crippen LogP contribution in [0, 0.1) is 0 Å². The van der Waals surface area contributed by atoms with Crippen molar-refractivity contribution in [3.8, 4) is 11.5 Å². The predicted octanol–water partition coefficient (Wildman–Crippen LogP) is 4.61. The standard InChI is InChI=1S/C23H26N2O3/c1-2-3-16-27-20-12-10-19(11-13-20)23(26)25-15-6-17-28-21-9-4-7-18-8-5-14-24-22(18)21/h4-5,7-14H,2-3,6,15-17H2,1H3,(H,25,26). The van der Waals surface area contributed by atoms with Gasteiger partial charge in [-0.25, -0.2) is 0 Å². The van der Waals surface area contributed by atoms with Crippen molar-refractivity contribution in [3.63, 3.8) is 0 Å². The molecular weight excluding hydrogens is 352 g/mol. The zero-order chi connectivity index (χ0) is 19.6. The van der Waals surface area contributed by atoms with Crippen LogP contribution < -0.4 is 14.8 Å². The molecule has 5 nitrogen and oxygen atoms in total. The molecule has 3 rings (SSSR count). The number of nitrogens with one attached hydrogen (secondary N) is 1. The molecule has 1 aromatic heterocycles. The van der Waals surface area contributed by atoms with Crippen LogP contribution in [-0.2, 0) is 0 Å². The number of aromatic nitrogens is 1. The number of hydrogen-bond donors (Lipinski definition) is 1. The normalized spacial score (nSPS) is 10.6. The van der Waals surface area contributed by atoms with Crippen molar-refractivity contribution in [3.05, 3.63) is 66.4 Å². The molecule has 1 amide bonds. The average molecular weight is 378 g/mol. The number of fused-ring (bicyclic) bond motifs is 1. The van der Waals surface area contributed by atoms with Gasteiger partial charge in [0.2, 0.25) is 0 Å². The number of rotatable bonds is 10. The fraction of sp³-hybridized carbons (Fsp3) is 0.304. The summed E-state index contributed by atoms with van der Waals surface area (Å²) in [5.74, 6) is 1.47. The number of ether oxygens (including phenoxy) is 2. The van der Waals surface area contributed by atoms with Gasteiger partial charge in [-0.15, -0.1) is 0 Å². The van der Waals surface area contributed by atoms with E-state index in [1.165, 1.54) is 0 Å². The number of amides is 1. The van der Waals surface area contributed by atoms with Crippen LogP contribution in [0.15, 0.2) is 60.8 Å². The van der Waals surface area contributed by atoms with E-state index in [0.29, 0.717) is 31.7 Å². The molecule has 0 radical (unpaired) electrons. The minimum absolute atomic E-state index is 0.0908. The second-order valence-electron chi connectivity index (χ2n) is 6.52. The molecule has 0 aliphatic rings. The molecule has 28 heavy (non-hydrogen) atoms. The predicted molar refractivity (Wildman–Crippen MR) is 111 cm³/mol. The van der Waals surface area contributed by atoms with Crippen LogP contribution in [0.2, 0.25) is 0 Å². The van der Waals surface area contributed by atoms with Gasteiger partial charge in [-0.2, -0.15) is 0 Å². The largest absolute Gasteiger partial charge is 0.494 e. The molecule has 0 aliphatic heterocycles. The van der Waals surface area contributed by atoms with Crippen molar-refractivity contribution >= 4 is 16.8 Å². The summed E-state index contributed by atoms with van der Waals surface area (Å²) in [7, 11) is 0. The molecule has 5 heteroatoms. The zero-order valence-electron chi connectivity index (χ0n) is 16.2. The number of carbonyl (C=O) groups is 1. The van der Waals surface area contributed by atoms with Crippen LogP contribution in [0.4, 0.5) is 0 Å². The molecule has 3 aromatic rings. The van der Waals surface area contributed by atoms with Gasteiger partial charge in [-0.3, -0.25) is 9.78 Å². The van der Waals surface area contributed by atoms with E-state index in [0.717, 1.165) is 35.2 Å². The van der Waals surface area contributed by atoms with Gasteiger partial charge in [0.15, 0.2) is 0 Å². The van der Waals surface area contributed by atoms with E-state index >= 15 is 0 Å². The molecule has 0 bridgehead atoms. The van der Waals surface area contributed by atoms with E-state index in [1.54, 1.807) is 18.3 Å². The monoisotopic (exact) mass is 378 g/mol. The van der Waals surface area contributed by atoms with Crippen molar-refractivity contribution < 1.29 is 14.3 Å². The van der Waals surface area contributed by atoms with E-state index < -0.39 is 0 Å². The van der Waals surface area contributed by atoms with Crippen molar-refractivity contribution in [2.24, 2.45) is 0 Å². The summed E-state index contributed by atoms with van der Waals surface area (Å²) in [4.78, 5) is 16.6. The Balaban J connectivity index is 1.40. The molecule has 2 aromatic carbocycles. The van der Waals surface area contributed by atoms with Crippen molar-refractivity contribution in [1.29, 1.82) is 0 Å². The number of benzene rings is 2. The van der Waals surface area contributed by atoms with E-state index in [1.807, 2.05) is 42.5 Å². The Morgan fingerprint density at radius 1 is 0.964 bits per heavy atom. The maximum atomic E-state index is 12.2. The molecule has 146 valence electrons. The van der Waals surface area contributed by atoms with Gasteiger partial charge < -0.3 is 14.8 Å². The van der Waals surface area contributed by atoms with E-state index in [-0.39, 0.29) is 5.91 Å². The third-order valence-corrected chi connectivity index (χ3v) is 4.34. The zero-order valence-corrected chi connectivity index (χ0v) is 16.2. The molecule has 1 N–H and O–H groups in total. The quantitative estimate of drug-likeness (QED) is 0.523. The highest BCUT2D eigenvalue weighted by Gasteiger charge is 2.06. The van der Waals surface area contributed by atoms with Crippen LogP contribution >= 0.6 is 0 Å². The number of pyridine rings is 1. The Bertz CT molecular complexity index is 888. The van der Waals surface area contributed by atoms with Crippen LogP contribution in [0.25, 0.3) is 10.9 Å². The highest BCUT2D eigenvalue weighted by Crippen LogP contribution is 2.22. The van der Waals surface area contributed by atoms with Crippen LogP contribution in [0.5, 0.6) is 11.5 Å². The summed E-state index contributed by atoms with van der Waals surface area (Å²) in [6, 6.07) is 17.0. The first-order chi connectivity index (χ1) is 13.8. The van der Waals surface area contributed by atoms with Crippen molar-refractivity contribution in [1.82, 2.24) is 10.3 Å². The molecule has 0 aliphatic carbocycles. The third-order valence-electron chi connectivity index (χ3n) is 4.34. The minimum Gasteiger partial charge on any atom is -0.494 e. The molecule has 0 saturated heterocycles. The Hall–Kier alpha value is -3.08. The number of carbonyl (C=O) groups excluding carboxylic acids is 1.